The number of hydrogen-bond acceptors (Lipinski definition) is 11. The number of pyridine rings is 1. The van der Waals surface area contributed by atoms with Gasteiger partial charge >= 0.3 is 23.5 Å². The Bertz CT molecular complexity index is 1460. The molecule has 2 aromatic heterocycles. The number of carbonyl (C=O) groups excluding carboxylic acids is 3. The zero-order valence-electron chi connectivity index (χ0n) is 24.7. The highest BCUT2D eigenvalue weighted by atomic mass is 16.6. The number of esters is 3. The van der Waals surface area contributed by atoms with Gasteiger partial charge in [0.15, 0.2) is 0 Å². The van der Waals surface area contributed by atoms with E-state index in [0.29, 0.717) is 18.4 Å². The molecule has 42 heavy (non-hydrogen) atoms. The molecule has 0 radical (unpaired) electrons. The Hall–Kier alpha value is -3.73. The first-order valence-corrected chi connectivity index (χ1v) is 14.1. The highest BCUT2D eigenvalue weighted by Gasteiger charge is 2.70. The number of fused-ring (bicyclic) bond motifs is 4. The van der Waals surface area contributed by atoms with Crippen LogP contribution in [0.4, 0.5) is 0 Å². The molecule has 2 saturated carbocycles. The lowest BCUT2D eigenvalue weighted by Crippen LogP contribution is -2.71. The van der Waals surface area contributed by atoms with Crippen LogP contribution in [0.1, 0.15) is 72.5 Å². The Labute approximate surface area is 243 Å². The van der Waals surface area contributed by atoms with Crippen LogP contribution in [-0.2, 0) is 28.6 Å². The topological polar surface area (TPSA) is 151 Å². The second-order valence-electron chi connectivity index (χ2n) is 12.4. The van der Waals surface area contributed by atoms with Gasteiger partial charge in [-0.2, -0.15) is 0 Å². The highest BCUT2D eigenvalue weighted by molar-refractivity contribution is 5.67. The summed E-state index contributed by atoms with van der Waals surface area (Å²) in [5, 5.41) is 12.1. The lowest BCUT2D eigenvalue weighted by molar-refractivity contribution is -0.270. The van der Waals surface area contributed by atoms with E-state index in [2.05, 4.69) is 4.98 Å². The third-order valence-electron chi connectivity index (χ3n) is 9.73. The fraction of sp³-hybridized carbons (Fsp3) is 0.581. The number of rotatable bonds is 5. The van der Waals surface area contributed by atoms with Gasteiger partial charge in [-0.3, -0.25) is 19.4 Å². The monoisotopic (exact) mass is 583 g/mol. The van der Waals surface area contributed by atoms with Gasteiger partial charge in [0.2, 0.25) is 0 Å². The van der Waals surface area contributed by atoms with Crippen molar-refractivity contribution in [2.75, 3.05) is 6.61 Å². The van der Waals surface area contributed by atoms with Gasteiger partial charge < -0.3 is 28.5 Å². The van der Waals surface area contributed by atoms with E-state index in [-0.39, 0.29) is 36.0 Å². The van der Waals surface area contributed by atoms with E-state index >= 15 is 0 Å². The minimum atomic E-state index is -1.34. The summed E-state index contributed by atoms with van der Waals surface area (Å²) in [7, 11) is 0. The van der Waals surface area contributed by atoms with Gasteiger partial charge in [-0.25, -0.2) is 4.79 Å². The Balaban J connectivity index is 1.66. The van der Waals surface area contributed by atoms with E-state index in [1.807, 2.05) is 13.8 Å². The lowest BCUT2D eigenvalue weighted by atomic mass is 9.42. The second kappa shape index (κ2) is 10.5. The smallest absolute Gasteiger partial charge is 0.345 e. The van der Waals surface area contributed by atoms with Gasteiger partial charge in [0.1, 0.15) is 41.5 Å². The van der Waals surface area contributed by atoms with Crippen LogP contribution >= 0.6 is 0 Å². The summed E-state index contributed by atoms with van der Waals surface area (Å²) in [5.41, 5.74) is -3.09. The van der Waals surface area contributed by atoms with Crippen molar-refractivity contribution in [1.29, 1.82) is 0 Å². The molecule has 2 aliphatic carbocycles. The number of nitrogens with zero attached hydrogens (tertiary/aromatic N) is 1. The maximum absolute atomic E-state index is 13.4. The van der Waals surface area contributed by atoms with Gasteiger partial charge in [-0.1, -0.05) is 13.8 Å². The highest BCUT2D eigenvalue weighted by Crippen LogP contribution is 2.67. The van der Waals surface area contributed by atoms with Crippen LogP contribution in [0.3, 0.4) is 0 Å². The van der Waals surface area contributed by atoms with Gasteiger partial charge in [0.25, 0.3) is 0 Å². The van der Waals surface area contributed by atoms with E-state index in [9.17, 15) is 24.3 Å². The van der Waals surface area contributed by atoms with Crippen LogP contribution in [0.25, 0.3) is 11.3 Å². The minimum Gasteiger partial charge on any atom is -0.482 e. The maximum Gasteiger partial charge on any atom is 0.345 e. The van der Waals surface area contributed by atoms with Crippen molar-refractivity contribution in [3.8, 4) is 17.1 Å². The summed E-state index contributed by atoms with van der Waals surface area (Å²) in [6.07, 6.45) is 1.53. The summed E-state index contributed by atoms with van der Waals surface area (Å²) >= 11 is 0. The van der Waals surface area contributed by atoms with E-state index in [0.717, 1.165) is 0 Å². The molecule has 0 bridgehead atoms. The molecule has 0 amide bonds. The van der Waals surface area contributed by atoms with Crippen LogP contribution in [0, 0.1) is 22.7 Å². The molecular weight excluding hydrogens is 546 g/mol. The SMILES string of the molecule is CC(=O)OC[C@]1(C)C(OC(C)=O)CCC2(C)C1C[C@H](OC(C)=O)[C@@]1(C)Oc3cc(-c4cccnc4)oc(=O)c3[C@H](O)C21. The average molecular weight is 584 g/mol. The van der Waals surface area contributed by atoms with Crippen LogP contribution in [0.15, 0.2) is 39.8 Å². The Morgan fingerprint density at radius 1 is 1.07 bits per heavy atom. The van der Waals surface area contributed by atoms with Crippen molar-refractivity contribution in [1.82, 2.24) is 4.98 Å². The molecule has 11 heteroatoms. The van der Waals surface area contributed by atoms with Crippen LogP contribution in [0.5, 0.6) is 5.75 Å². The average Bonchev–Trinajstić information content (AvgIpc) is 2.90. The normalized spacial score (nSPS) is 35.0. The zero-order valence-corrected chi connectivity index (χ0v) is 24.7. The van der Waals surface area contributed by atoms with Gasteiger partial charge in [0, 0.05) is 56.1 Å². The standard InChI is InChI=1S/C31H37NO10/c1-16(33)38-15-30(5)22-13-24(40-18(3)35)31(6)27(29(22,4)10-9-23(30)39-17(2)34)26(36)25-21(42-31)12-20(41-28(25)37)19-8-7-11-32-14-19/h7-8,11-12,14,22-24,26-27,36H,9-10,13,15H2,1-6H3/t22?,23?,24-,26-,27?,29?,30-,31+/m0/s1. The molecule has 0 saturated heterocycles. The number of ether oxygens (including phenoxy) is 4. The molecule has 1 N–H and O–H groups in total. The third kappa shape index (κ3) is 4.77. The summed E-state index contributed by atoms with van der Waals surface area (Å²) < 4.78 is 29.5. The summed E-state index contributed by atoms with van der Waals surface area (Å²) in [5.74, 6) is -2.25. The molecule has 226 valence electrons. The van der Waals surface area contributed by atoms with Crippen molar-refractivity contribution in [3.05, 3.63) is 46.6 Å². The number of aliphatic hydroxyl groups is 1. The quantitative estimate of drug-likeness (QED) is 0.405. The van der Waals surface area contributed by atoms with Gasteiger partial charge in [-0.05, 0) is 49.7 Å². The Morgan fingerprint density at radius 2 is 1.76 bits per heavy atom. The van der Waals surface area contributed by atoms with Crippen molar-refractivity contribution in [2.45, 2.75) is 84.7 Å². The van der Waals surface area contributed by atoms with Crippen molar-refractivity contribution in [3.63, 3.8) is 0 Å². The lowest BCUT2D eigenvalue weighted by Gasteiger charge is -2.66. The molecule has 8 atom stereocenters. The molecule has 2 aromatic rings. The summed E-state index contributed by atoms with van der Waals surface area (Å²) in [6, 6.07) is 5.00. The molecule has 3 heterocycles. The molecule has 11 nitrogen and oxygen atoms in total. The van der Waals surface area contributed by atoms with E-state index < -0.39 is 64.2 Å². The largest absolute Gasteiger partial charge is 0.482 e. The first-order valence-electron chi connectivity index (χ1n) is 14.1. The summed E-state index contributed by atoms with van der Waals surface area (Å²) in [6.45, 7) is 9.56. The van der Waals surface area contributed by atoms with Crippen LogP contribution < -0.4 is 10.4 Å². The fourth-order valence-corrected chi connectivity index (χ4v) is 8.04. The van der Waals surface area contributed by atoms with E-state index in [1.165, 1.54) is 20.8 Å². The van der Waals surface area contributed by atoms with E-state index in [4.69, 9.17) is 23.4 Å². The molecule has 4 unspecified atom stereocenters. The maximum atomic E-state index is 13.4. The van der Waals surface area contributed by atoms with Crippen molar-refractivity contribution in [2.24, 2.45) is 22.7 Å². The Kier molecular flexibility index (Phi) is 7.45. The van der Waals surface area contributed by atoms with Crippen LogP contribution in [-0.4, -0.2) is 52.4 Å². The number of aliphatic hydroxyl groups excluding tert-OH is 1. The molecular formula is C31H37NO10. The molecule has 1 aliphatic heterocycles. The van der Waals surface area contributed by atoms with Crippen LogP contribution in [0.2, 0.25) is 0 Å². The van der Waals surface area contributed by atoms with Crippen molar-refractivity contribution < 1.29 is 42.9 Å². The summed E-state index contributed by atoms with van der Waals surface area (Å²) in [4.78, 5) is 54.0. The molecule has 3 aliphatic rings. The zero-order chi connectivity index (χ0) is 30.6. The molecule has 0 spiro atoms. The van der Waals surface area contributed by atoms with E-state index in [1.54, 1.807) is 37.5 Å². The third-order valence-corrected chi connectivity index (χ3v) is 9.73. The van der Waals surface area contributed by atoms with Crippen molar-refractivity contribution >= 4 is 17.9 Å². The number of aromatic nitrogens is 1. The second-order valence-corrected chi connectivity index (χ2v) is 12.4. The minimum absolute atomic E-state index is 0.0163. The molecule has 5 rings (SSSR count). The first kappa shape index (κ1) is 29.8. The fourth-order valence-electron chi connectivity index (χ4n) is 8.04. The van der Waals surface area contributed by atoms with Gasteiger partial charge in [0.05, 0.1) is 6.10 Å². The number of hydrogen-bond donors (Lipinski definition) is 1. The first-order chi connectivity index (χ1) is 19.7. The molecule has 0 aromatic carbocycles. The van der Waals surface area contributed by atoms with Gasteiger partial charge in [-0.15, -0.1) is 0 Å². The predicted octanol–water partition coefficient (Wildman–Crippen LogP) is 3.76. The predicted molar refractivity (Wildman–Crippen MR) is 147 cm³/mol. The Morgan fingerprint density at radius 3 is 2.38 bits per heavy atom. The molecule has 2 fully saturated rings. The number of carbonyl (C=O) groups is 3.